The second-order valence-electron chi connectivity index (χ2n) is 19.3. The third-order valence-corrected chi connectivity index (χ3v) is 16.2. The van der Waals surface area contributed by atoms with Crippen molar-refractivity contribution in [3.05, 3.63) is 108 Å². The van der Waals surface area contributed by atoms with Gasteiger partial charge in [-0.25, -0.2) is 4.98 Å². The van der Waals surface area contributed by atoms with Crippen LogP contribution in [0.15, 0.2) is 77.5 Å². The van der Waals surface area contributed by atoms with Gasteiger partial charge in [-0.1, -0.05) is 127 Å². The van der Waals surface area contributed by atoms with Gasteiger partial charge in [0.15, 0.2) is 0 Å². The van der Waals surface area contributed by atoms with E-state index in [2.05, 4.69) is 114 Å². The number of fused-ring (bicyclic) bond motifs is 3. The molecule has 3 saturated carbocycles. The Morgan fingerprint density at radius 1 is 0.845 bits per heavy atom. The molecule has 4 heterocycles. The number of pyridine rings is 3. The molecule has 0 aliphatic heterocycles. The van der Waals surface area contributed by atoms with Gasteiger partial charge in [-0.3, -0.25) is 0 Å². The first kappa shape index (κ1) is 42.7. The molecule has 9 rings (SSSR count). The Morgan fingerprint density at radius 2 is 1.57 bits per heavy atom. The Bertz CT molecular complexity index is 2310. The first-order valence-electron chi connectivity index (χ1n) is 22.1. The largest absolute Gasteiger partial charge is 0.486 e. The van der Waals surface area contributed by atoms with E-state index < -0.39 is 8.07 Å². The Kier molecular flexibility index (Phi) is 13.3. The van der Waals surface area contributed by atoms with Gasteiger partial charge in [-0.2, -0.15) is 0 Å². The average molecular weight is 966 g/mol. The smallest absolute Gasteiger partial charge is 0.216 e. The van der Waals surface area contributed by atoms with Crippen LogP contribution in [0.4, 0.5) is 0 Å². The van der Waals surface area contributed by atoms with Crippen LogP contribution >= 0.6 is 0 Å². The summed E-state index contributed by atoms with van der Waals surface area (Å²) in [5.41, 5.74) is 11.1. The summed E-state index contributed by atoms with van der Waals surface area (Å²) in [7, 11) is -1.35. The number of rotatable bonds is 9. The molecule has 0 N–H and O–H groups in total. The molecule has 307 valence electrons. The van der Waals surface area contributed by atoms with Gasteiger partial charge < -0.3 is 14.4 Å². The first-order valence-corrected chi connectivity index (χ1v) is 25.6. The van der Waals surface area contributed by atoms with Crippen molar-refractivity contribution in [3.8, 4) is 22.5 Å². The van der Waals surface area contributed by atoms with Crippen LogP contribution < -0.4 is 5.19 Å². The van der Waals surface area contributed by atoms with Gasteiger partial charge in [0.2, 0.25) is 5.71 Å². The van der Waals surface area contributed by atoms with Crippen molar-refractivity contribution in [1.82, 2.24) is 15.0 Å². The van der Waals surface area contributed by atoms with Crippen LogP contribution in [0.3, 0.4) is 0 Å². The van der Waals surface area contributed by atoms with Gasteiger partial charge in [0.25, 0.3) is 0 Å². The van der Waals surface area contributed by atoms with E-state index >= 15 is 0 Å². The zero-order valence-electron chi connectivity index (χ0n) is 36.0. The molecule has 6 heteroatoms. The molecule has 2 aromatic carbocycles. The van der Waals surface area contributed by atoms with E-state index in [9.17, 15) is 0 Å². The van der Waals surface area contributed by atoms with Crippen molar-refractivity contribution in [1.29, 1.82) is 0 Å². The van der Waals surface area contributed by atoms with Crippen molar-refractivity contribution in [2.24, 2.45) is 17.8 Å². The van der Waals surface area contributed by atoms with Gasteiger partial charge >= 0.3 is 0 Å². The van der Waals surface area contributed by atoms with Gasteiger partial charge in [-0.05, 0) is 95.6 Å². The molecule has 1 atom stereocenters. The van der Waals surface area contributed by atoms with E-state index in [4.69, 9.17) is 19.4 Å². The number of aromatic nitrogens is 3. The molecule has 0 spiro atoms. The maximum absolute atomic E-state index is 6.52. The van der Waals surface area contributed by atoms with Crippen LogP contribution in [-0.2, 0) is 31.9 Å². The quantitative estimate of drug-likeness (QED) is 0.107. The van der Waals surface area contributed by atoms with E-state index in [0.717, 1.165) is 68.0 Å². The fourth-order valence-electron chi connectivity index (χ4n) is 10.4. The number of furan rings is 1. The van der Waals surface area contributed by atoms with Crippen molar-refractivity contribution in [2.45, 2.75) is 142 Å². The van der Waals surface area contributed by atoms with E-state index in [1.54, 1.807) is 10.8 Å². The molecule has 3 aliphatic carbocycles. The molecular formula is C52H63IrN3OSi-2. The number of hydrogen-bond donors (Lipinski definition) is 0. The summed E-state index contributed by atoms with van der Waals surface area (Å²) in [5.74, 6) is 2.82. The maximum Gasteiger partial charge on any atom is 0.216 e. The van der Waals surface area contributed by atoms with Crippen LogP contribution in [0.25, 0.3) is 44.6 Å². The molecular weight excluding hydrogens is 903 g/mol. The van der Waals surface area contributed by atoms with Crippen molar-refractivity contribution >= 4 is 35.3 Å². The second-order valence-corrected chi connectivity index (χ2v) is 24.4. The molecule has 6 aromatic rings. The number of hydrogen-bond acceptors (Lipinski definition) is 4. The maximum atomic E-state index is 6.52. The van der Waals surface area contributed by atoms with Gasteiger partial charge in [0.1, 0.15) is 0 Å². The topological polar surface area (TPSA) is 51.8 Å². The van der Waals surface area contributed by atoms with E-state index in [1.165, 1.54) is 94.6 Å². The fraction of sp³-hybridized carbons (Fsp3) is 0.481. The van der Waals surface area contributed by atoms with Crippen LogP contribution in [0.1, 0.15) is 126 Å². The summed E-state index contributed by atoms with van der Waals surface area (Å²) in [6.45, 7) is 16.5. The molecule has 0 bridgehead atoms. The van der Waals surface area contributed by atoms with Gasteiger partial charge in [-0.15, -0.1) is 53.6 Å². The van der Waals surface area contributed by atoms with Crippen molar-refractivity contribution in [3.63, 3.8) is 0 Å². The summed E-state index contributed by atoms with van der Waals surface area (Å²) in [6.07, 6.45) is 21.7. The summed E-state index contributed by atoms with van der Waals surface area (Å²) in [6, 6.07) is 28.3. The van der Waals surface area contributed by atoms with E-state index in [1.807, 2.05) is 18.3 Å². The minimum atomic E-state index is -1.35. The van der Waals surface area contributed by atoms with Crippen molar-refractivity contribution in [2.75, 3.05) is 0 Å². The Labute approximate surface area is 362 Å². The molecule has 0 amide bonds. The normalized spacial score (nSPS) is 17.4. The first-order chi connectivity index (χ1) is 27.5. The third kappa shape index (κ3) is 9.00. The molecule has 1 unspecified atom stereocenters. The molecule has 3 fully saturated rings. The summed E-state index contributed by atoms with van der Waals surface area (Å²) >= 11 is 0. The molecule has 1 radical (unpaired) electrons. The zero-order chi connectivity index (χ0) is 39.7. The monoisotopic (exact) mass is 966 g/mol. The fourth-order valence-corrected chi connectivity index (χ4v) is 12.0. The van der Waals surface area contributed by atoms with Crippen LogP contribution in [0, 0.1) is 36.8 Å². The van der Waals surface area contributed by atoms with Crippen molar-refractivity contribution < 1.29 is 24.5 Å². The standard InChI is InChI=1S/C32H37N2O.C20H26NSi.Ir/c1-20-13-14-25(28-19-24(17-18-33-28)32(3,4)23-11-7-8-12-23)30-29(20)26-15-16-27(34-31(26)35-30)21(2)22-9-5-6-10-22;1-22(2,3)20-15-21-19(17-11-5-4-6-12-17)14-18(20)13-16-9-7-8-10-16;/h13,15-19,21-23H,5-12H2,1-4H3;4-6,11,14-16H,7-10,13H2,1-3H3;/q2*-1;. The second kappa shape index (κ2) is 18.0. The summed E-state index contributed by atoms with van der Waals surface area (Å²) in [4.78, 5) is 14.6. The predicted molar refractivity (Wildman–Crippen MR) is 241 cm³/mol. The van der Waals surface area contributed by atoms with Crippen LogP contribution in [0.5, 0.6) is 0 Å². The minimum absolute atomic E-state index is 0. The molecule has 3 aliphatic rings. The Morgan fingerprint density at radius 3 is 2.28 bits per heavy atom. The summed E-state index contributed by atoms with van der Waals surface area (Å²) in [5, 5.41) is 3.78. The Balaban J connectivity index is 0.000000192. The average Bonchev–Trinajstić information content (AvgIpc) is 4.06. The number of benzene rings is 2. The molecule has 4 aromatic heterocycles. The van der Waals surface area contributed by atoms with Crippen LogP contribution in [-0.4, -0.2) is 23.0 Å². The van der Waals surface area contributed by atoms with Gasteiger partial charge in [0, 0.05) is 49.5 Å². The molecule has 0 saturated heterocycles. The molecule has 58 heavy (non-hydrogen) atoms. The Hall–Kier alpha value is -3.44. The summed E-state index contributed by atoms with van der Waals surface area (Å²) < 4.78 is 6.52. The van der Waals surface area contributed by atoms with E-state index in [-0.39, 0.29) is 25.5 Å². The zero-order valence-corrected chi connectivity index (χ0v) is 39.4. The van der Waals surface area contributed by atoms with E-state index in [0.29, 0.717) is 5.92 Å². The third-order valence-electron chi connectivity index (χ3n) is 14.1. The van der Waals surface area contributed by atoms with Gasteiger partial charge in [0.05, 0.1) is 13.7 Å². The van der Waals surface area contributed by atoms with Crippen LogP contribution in [0.2, 0.25) is 19.6 Å². The minimum Gasteiger partial charge on any atom is -0.486 e. The predicted octanol–water partition coefficient (Wildman–Crippen LogP) is 13.7. The molecule has 4 nitrogen and oxygen atoms in total. The SMILES string of the molecule is C[Si](C)(C)c1cnc(-c2[c-]cccc2)cc1CC1CCCC1.Cc1c[c-]c(-c2cc(C(C)(C)C3CCCC3)ccn2)c2oc3nc(C(C)C4CCCC4)ccc3c12.[Ir]. The number of aryl methyl sites for hydroxylation is 1. The number of nitrogens with zero attached hydrogens (tertiary/aromatic N) is 3.